The highest BCUT2D eigenvalue weighted by Gasteiger charge is 2.08. The summed E-state index contributed by atoms with van der Waals surface area (Å²) in [6, 6.07) is -0.00694. The van der Waals surface area contributed by atoms with Crippen LogP contribution in [0.2, 0.25) is 0 Å². The molecule has 3 N–H and O–H groups in total. The summed E-state index contributed by atoms with van der Waals surface area (Å²) < 4.78 is 0. The van der Waals surface area contributed by atoms with Crippen LogP contribution in [0.1, 0.15) is 13.8 Å². The molecule has 0 amide bonds. The second-order valence-electron chi connectivity index (χ2n) is 2.14. The number of hydrogen-bond donors (Lipinski definition) is 2. The van der Waals surface area contributed by atoms with Crippen molar-refractivity contribution in [1.82, 2.24) is 0 Å². The van der Waals surface area contributed by atoms with Gasteiger partial charge in [0.25, 0.3) is 0 Å². The summed E-state index contributed by atoms with van der Waals surface area (Å²) in [5, 5.41) is 8.72. The maximum absolute atomic E-state index is 8.72. The van der Waals surface area contributed by atoms with E-state index in [-0.39, 0.29) is 17.7 Å². The number of aliphatic hydroxyl groups is 1. The van der Waals surface area contributed by atoms with Gasteiger partial charge in [0.1, 0.15) is 0 Å². The first-order valence-corrected chi connectivity index (χ1v) is 2.69. The second-order valence-corrected chi connectivity index (χ2v) is 2.14. The molecule has 0 aliphatic carbocycles. The lowest BCUT2D eigenvalue weighted by molar-refractivity contribution is 0.322. The van der Waals surface area contributed by atoms with Crippen molar-refractivity contribution < 1.29 is 5.11 Å². The van der Waals surface area contributed by atoms with Crippen molar-refractivity contribution in [3.63, 3.8) is 0 Å². The fourth-order valence-electron chi connectivity index (χ4n) is 0.303. The molecule has 8 heavy (non-hydrogen) atoms. The highest BCUT2D eigenvalue weighted by molar-refractivity contribution is 4.89. The summed E-state index contributed by atoms with van der Waals surface area (Å²) in [5.41, 5.74) is 5.42. The van der Waals surface area contributed by atoms with Crippen molar-refractivity contribution in [1.29, 1.82) is 0 Å². The van der Waals surface area contributed by atoms with Crippen LogP contribution in [-0.4, -0.2) is 11.1 Å². The lowest BCUT2D eigenvalue weighted by Gasteiger charge is -2.12. The average Bonchev–Trinajstić information content (AvgIpc) is 1.64. The summed E-state index contributed by atoms with van der Waals surface area (Å²) in [7, 11) is 0. The van der Waals surface area contributed by atoms with Crippen LogP contribution in [-0.2, 0) is 0 Å². The summed E-state index contributed by atoms with van der Waals surface area (Å²) in [6.07, 6.45) is 0. The zero-order chi connectivity index (χ0) is 6.73. The SMILES string of the molecule is C=C(O)C(C)C(C)N. The second kappa shape index (κ2) is 2.72. The summed E-state index contributed by atoms with van der Waals surface area (Å²) >= 11 is 0. The van der Waals surface area contributed by atoms with Gasteiger partial charge in [0, 0.05) is 12.0 Å². The quantitative estimate of drug-likeness (QED) is 0.528. The Morgan fingerprint density at radius 3 is 2.00 bits per heavy atom. The highest BCUT2D eigenvalue weighted by Crippen LogP contribution is 2.06. The van der Waals surface area contributed by atoms with Crippen LogP contribution in [0.25, 0.3) is 0 Å². The molecule has 2 atom stereocenters. The molecule has 0 heterocycles. The van der Waals surface area contributed by atoms with Gasteiger partial charge < -0.3 is 10.8 Å². The van der Waals surface area contributed by atoms with Crippen molar-refractivity contribution in [2.75, 3.05) is 0 Å². The van der Waals surface area contributed by atoms with Crippen LogP contribution in [0.3, 0.4) is 0 Å². The van der Waals surface area contributed by atoms with Gasteiger partial charge in [-0.15, -0.1) is 0 Å². The molecule has 0 radical (unpaired) electrons. The Morgan fingerprint density at radius 1 is 1.62 bits per heavy atom. The molecule has 48 valence electrons. The lowest BCUT2D eigenvalue weighted by atomic mass is 10.0. The van der Waals surface area contributed by atoms with E-state index < -0.39 is 0 Å². The van der Waals surface area contributed by atoms with Crippen LogP contribution >= 0.6 is 0 Å². The van der Waals surface area contributed by atoms with E-state index in [1.807, 2.05) is 13.8 Å². The predicted molar refractivity (Wildman–Crippen MR) is 34.6 cm³/mol. The molecule has 2 unspecified atom stereocenters. The normalized spacial score (nSPS) is 17.4. The number of hydrogen-bond acceptors (Lipinski definition) is 2. The summed E-state index contributed by atoms with van der Waals surface area (Å²) in [4.78, 5) is 0. The lowest BCUT2D eigenvalue weighted by Crippen LogP contribution is -2.25. The zero-order valence-corrected chi connectivity index (χ0v) is 5.39. The minimum Gasteiger partial charge on any atom is -0.513 e. The van der Waals surface area contributed by atoms with E-state index in [1.165, 1.54) is 0 Å². The van der Waals surface area contributed by atoms with E-state index in [4.69, 9.17) is 10.8 Å². The van der Waals surface area contributed by atoms with Crippen LogP contribution in [0.15, 0.2) is 12.3 Å². The number of nitrogens with two attached hydrogens (primary N) is 1. The monoisotopic (exact) mass is 115 g/mol. The number of rotatable bonds is 2. The van der Waals surface area contributed by atoms with Gasteiger partial charge in [-0.2, -0.15) is 0 Å². The van der Waals surface area contributed by atoms with Crippen molar-refractivity contribution in [3.05, 3.63) is 12.3 Å². The Kier molecular flexibility index (Phi) is 2.55. The number of aliphatic hydroxyl groups excluding tert-OH is 1. The van der Waals surface area contributed by atoms with Crippen LogP contribution in [0.4, 0.5) is 0 Å². The van der Waals surface area contributed by atoms with Gasteiger partial charge in [0.15, 0.2) is 0 Å². The van der Waals surface area contributed by atoms with E-state index >= 15 is 0 Å². The Bertz CT molecular complexity index is 88.5. The molecule has 0 fully saturated rings. The highest BCUT2D eigenvalue weighted by atomic mass is 16.3. The van der Waals surface area contributed by atoms with Gasteiger partial charge in [-0.3, -0.25) is 0 Å². The maximum Gasteiger partial charge on any atom is 0.0894 e. The minimum absolute atomic E-state index is 0.00694. The van der Waals surface area contributed by atoms with Gasteiger partial charge in [-0.1, -0.05) is 13.5 Å². The molecular weight excluding hydrogens is 102 g/mol. The van der Waals surface area contributed by atoms with Crippen molar-refractivity contribution >= 4 is 0 Å². The smallest absolute Gasteiger partial charge is 0.0894 e. The minimum atomic E-state index is -0.00694. The molecule has 0 aromatic heterocycles. The van der Waals surface area contributed by atoms with Crippen molar-refractivity contribution in [2.45, 2.75) is 19.9 Å². The first-order chi connectivity index (χ1) is 3.55. The molecule has 0 bridgehead atoms. The first-order valence-electron chi connectivity index (χ1n) is 2.69. The van der Waals surface area contributed by atoms with Crippen molar-refractivity contribution in [2.24, 2.45) is 11.7 Å². The molecule has 0 aromatic carbocycles. The van der Waals surface area contributed by atoms with Crippen LogP contribution in [0, 0.1) is 5.92 Å². The Labute approximate surface area is 50.0 Å². The van der Waals surface area contributed by atoms with Gasteiger partial charge in [0.05, 0.1) is 5.76 Å². The van der Waals surface area contributed by atoms with Crippen LogP contribution < -0.4 is 5.73 Å². The fraction of sp³-hybridized carbons (Fsp3) is 0.667. The Morgan fingerprint density at radius 2 is 2.00 bits per heavy atom. The molecule has 0 saturated heterocycles. The fourth-order valence-corrected chi connectivity index (χ4v) is 0.303. The third kappa shape index (κ3) is 1.98. The molecule has 0 spiro atoms. The predicted octanol–water partition coefficient (Wildman–Crippen LogP) is 1.04. The average molecular weight is 115 g/mol. The van der Waals surface area contributed by atoms with Gasteiger partial charge in [0.2, 0.25) is 0 Å². The Hall–Kier alpha value is -0.500. The molecule has 0 aromatic rings. The molecule has 0 rings (SSSR count). The topological polar surface area (TPSA) is 46.2 Å². The summed E-state index contributed by atoms with van der Waals surface area (Å²) in [6.45, 7) is 7.03. The summed E-state index contributed by atoms with van der Waals surface area (Å²) in [5.74, 6) is 0.176. The molecule has 0 saturated carbocycles. The van der Waals surface area contributed by atoms with E-state index in [2.05, 4.69) is 6.58 Å². The first kappa shape index (κ1) is 7.50. The van der Waals surface area contributed by atoms with Crippen LogP contribution in [0.5, 0.6) is 0 Å². The maximum atomic E-state index is 8.72. The van der Waals surface area contributed by atoms with Gasteiger partial charge in [-0.25, -0.2) is 0 Å². The Balaban J connectivity index is 3.64. The largest absolute Gasteiger partial charge is 0.513 e. The van der Waals surface area contributed by atoms with Gasteiger partial charge >= 0.3 is 0 Å². The van der Waals surface area contributed by atoms with E-state index in [0.29, 0.717) is 0 Å². The van der Waals surface area contributed by atoms with E-state index in [1.54, 1.807) is 0 Å². The third-order valence-electron chi connectivity index (χ3n) is 1.31. The zero-order valence-electron chi connectivity index (χ0n) is 5.39. The molecule has 0 aliphatic rings. The standard InChI is InChI=1S/C6H13NO/c1-4(5(2)7)6(3)8/h4-5,8H,3,7H2,1-2H3. The molecule has 2 heteroatoms. The van der Waals surface area contributed by atoms with Crippen molar-refractivity contribution in [3.8, 4) is 0 Å². The van der Waals surface area contributed by atoms with E-state index in [0.717, 1.165) is 0 Å². The third-order valence-corrected chi connectivity index (χ3v) is 1.31. The molecule has 2 nitrogen and oxygen atoms in total. The van der Waals surface area contributed by atoms with E-state index in [9.17, 15) is 0 Å². The molecular formula is C6H13NO. The molecule has 0 aliphatic heterocycles. The van der Waals surface area contributed by atoms with Gasteiger partial charge in [-0.05, 0) is 6.92 Å².